The fourth-order valence-corrected chi connectivity index (χ4v) is 4.38. The van der Waals surface area contributed by atoms with E-state index in [1.54, 1.807) is 0 Å². The molecule has 1 N–H and O–H groups in total. The Hall–Kier alpha value is -4.12. The van der Waals surface area contributed by atoms with Crippen molar-refractivity contribution in [3.05, 3.63) is 107 Å². The van der Waals surface area contributed by atoms with E-state index in [1.807, 2.05) is 50.2 Å². The number of fused-ring (bicyclic) bond motifs is 2. The number of hydrogen-bond donors (Lipinski definition) is 1. The highest BCUT2D eigenvalue weighted by Gasteiger charge is 2.12. The molecule has 35 heavy (non-hydrogen) atoms. The Morgan fingerprint density at radius 2 is 1.71 bits per heavy atom. The van der Waals surface area contributed by atoms with Gasteiger partial charge in [-0.05, 0) is 65.6 Å². The molecular formula is C30H29N3O2. The molecule has 176 valence electrons. The summed E-state index contributed by atoms with van der Waals surface area (Å²) in [5.41, 5.74) is 5.41. The summed E-state index contributed by atoms with van der Waals surface area (Å²) >= 11 is 0. The standard InChI is InChI=1S/C30H29N3O2/c1-21-11-12-22(2)28(17-21)35-20-30(34)31-16-15-29-32-26-9-5-6-10-27(26)33(29)19-23-13-14-24-7-3-4-8-25(24)18-23/h3-14,17-18H,15-16,19-20H2,1-2H3,(H,31,34). The summed E-state index contributed by atoms with van der Waals surface area (Å²) in [6.07, 6.45) is 0.636. The maximum absolute atomic E-state index is 12.4. The van der Waals surface area contributed by atoms with Gasteiger partial charge >= 0.3 is 0 Å². The van der Waals surface area contributed by atoms with Crippen molar-refractivity contribution in [3.8, 4) is 5.75 Å². The van der Waals surface area contributed by atoms with Gasteiger partial charge < -0.3 is 14.6 Å². The molecule has 0 fully saturated rings. The topological polar surface area (TPSA) is 56.1 Å². The van der Waals surface area contributed by atoms with E-state index < -0.39 is 0 Å². The lowest BCUT2D eigenvalue weighted by Crippen LogP contribution is -2.31. The van der Waals surface area contributed by atoms with Crippen molar-refractivity contribution in [2.24, 2.45) is 0 Å². The zero-order valence-corrected chi connectivity index (χ0v) is 20.1. The van der Waals surface area contributed by atoms with Gasteiger partial charge in [-0.3, -0.25) is 4.79 Å². The van der Waals surface area contributed by atoms with Gasteiger partial charge in [-0.1, -0.05) is 60.7 Å². The van der Waals surface area contributed by atoms with Crippen molar-refractivity contribution in [1.29, 1.82) is 0 Å². The van der Waals surface area contributed by atoms with E-state index in [2.05, 4.69) is 58.4 Å². The van der Waals surface area contributed by atoms with Gasteiger partial charge in [0.15, 0.2) is 6.61 Å². The molecule has 0 aliphatic carbocycles. The van der Waals surface area contributed by atoms with Gasteiger partial charge in [0.2, 0.25) is 0 Å². The summed E-state index contributed by atoms with van der Waals surface area (Å²) in [6.45, 7) is 5.21. The molecule has 1 aromatic heterocycles. The minimum atomic E-state index is -0.136. The third-order valence-electron chi connectivity index (χ3n) is 6.26. The number of carbonyl (C=O) groups excluding carboxylic acids is 1. The normalized spacial score (nSPS) is 11.1. The monoisotopic (exact) mass is 463 g/mol. The SMILES string of the molecule is Cc1ccc(C)c(OCC(=O)NCCc2nc3ccccc3n2Cc2ccc3ccccc3c2)c1. The van der Waals surface area contributed by atoms with Crippen molar-refractivity contribution in [1.82, 2.24) is 14.9 Å². The molecule has 0 atom stereocenters. The molecule has 5 nitrogen and oxygen atoms in total. The first-order chi connectivity index (χ1) is 17.1. The maximum Gasteiger partial charge on any atom is 0.257 e. The second kappa shape index (κ2) is 10.0. The summed E-state index contributed by atoms with van der Waals surface area (Å²) in [7, 11) is 0. The highest BCUT2D eigenvalue weighted by molar-refractivity contribution is 5.83. The smallest absolute Gasteiger partial charge is 0.257 e. The van der Waals surface area contributed by atoms with E-state index in [1.165, 1.54) is 16.3 Å². The second-order valence-electron chi connectivity index (χ2n) is 8.94. The van der Waals surface area contributed by atoms with Crippen LogP contribution in [0.3, 0.4) is 0 Å². The van der Waals surface area contributed by atoms with E-state index >= 15 is 0 Å². The molecule has 4 aromatic carbocycles. The molecule has 1 heterocycles. The molecule has 0 radical (unpaired) electrons. The van der Waals surface area contributed by atoms with E-state index in [0.717, 1.165) is 40.3 Å². The Balaban J connectivity index is 1.27. The number of hydrogen-bond acceptors (Lipinski definition) is 3. The fourth-order valence-electron chi connectivity index (χ4n) is 4.38. The Kier molecular flexibility index (Phi) is 6.49. The summed E-state index contributed by atoms with van der Waals surface area (Å²) in [4.78, 5) is 17.3. The molecular weight excluding hydrogens is 434 g/mol. The van der Waals surface area contributed by atoms with Crippen molar-refractivity contribution in [3.63, 3.8) is 0 Å². The number of ether oxygens (including phenoxy) is 1. The van der Waals surface area contributed by atoms with E-state index in [-0.39, 0.29) is 12.5 Å². The van der Waals surface area contributed by atoms with Crippen molar-refractivity contribution >= 4 is 27.7 Å². The number of aryl methyl sites for hydroxylation is 2. The van der Waals surface area contributed by atoms with Crippen LogP contribution in [-0.2, 0) is 17.8 Å². The Morgan fingerprint density at radius 1 is 0.914 bits per heavy atom. The third-order valence-corrected chi connectivity index (χ3v) is 6.26. The molecule has 0 saturated carbocycles. The van der Waals surface area contributed by atoms with E-state index in [4.69, 9.17) is 9.72 Å². The number of nitrogens with one attached hydrogen (secondary N) is 1. The van der Waals surface area contributed by atoms with Crippen LogP contribution in [0, 0.1) is 13.8 Å². The Bertz CT molecular complexity index is 1500. The van der Waals surface area contributed by atoms with Gasteiger partial charge in [-0.15, -0.1) is 0 Å². The fraction of sp³-hybridized carbons (Fsp3) is 0.200. The number of imidazole rings is 1. The summed E-state index contributed by atoms with van der Waals surface area (Å²) in [5.74, 6) is 1.57. The number of nitrogens with zero attached hydrogens (tertiary/aromatic N) is 2. The maximum atomic E-state index is 12.4. The first-order valence-electron chi connectivity index (χ1n) is 12.0. The highest BCUT2D eigenvalue weighted by Crippen LogP contribution is 2.21. The van der Waals surface area contributed by atoms with Crippen LogP contribution in [0.1, 0.15) is 22.5 Å². The number of amides is 1. The van der Waals surface area contributed by atoms with Crippen LogP contribution in [0.4, 0.5) is 0 Å². The van der Waals surface area contributed by atoms with Crippen LogP contribution < -0.4 is 10.1 Å². The van der Waals surface area contributed by atoms with E-state index in [9.17, 15) is 4.79 Å². The Labute approximate surface area is 205 Å². The van der Waals surface area contributed by atoms with Crippen LogP contribution in [0.5, 0.6) is 5.75 Å². The van der Waals surface area contributed by atoms with Crippen molar-refractivity contribution < 1.29 is 9.53 Å². The van der Waals surface area contributed by atoms with Crippen molar-refractivity contribution in [2.45, 2.75) is 26.8 Å². The number of benzene rings is 4. The van der Waals surface area contributed by atoms with Crippen LogP contribution in [0.2, 0.25) is 0 Å². The van der Waals surface area contributed by atoms with Gasteiger partial charge in [0.1, 0.15) is 11.6 Å². The van der Waals surface area contributed by atoms with Gasteiger partial charge in [-0.2, -0.15) is 0 Å². The quantitative estimate of drug-likeness (QED) is 0.326. The lowest BCUT2D eigenvalue weighted by atomic mass is 10.1. The first-order valence-corrected chi connectivity index (χ1v) is 12.0. The van der Waals surface area contributed by atoms with Gasteiger partial charge in [0.25, 0.3) is 5.91 Å². The molecule has 5 rings (SSSR count). The predicted molar refractivity (Wildman–Crippen MR) is 141 cm³/mol. The van der Waals surface area contributed by atoms with Crippen molar-refractivity contribution in [2.75, 3.05) is 13.2 Å². The third kappa shape index (κ3) is 5.19. The predicted octanol–water partition coefficient (Wildman–Crippen LogP) is 5.59. The lowest BCUT2D eigenvalue weighted by Gasteiger charge is -2.12. The summed E-state index contributed by atoms with van der Waals surface area (Å²) in [5, 5.41) is 5.44. The molecule has 1 amide bonds. The Morgan fingerprint density at radius 3 is 2.60 bits per heavy atom. The largest absolute Gasteiger partial charge is 0.483 e. The van der Waals surface area contributed by atoms with E-state index in [0.29, 0.717) is 13.0 Å². The van der Waals surface area contributed by atoms with Crippen LogP contribution in [-0.4, -0.2) is 28.6 Å². The zero-order chi connectivity index (χ0) is 24.2. The molecule has 5 heteroatoms. The molecule has 0 saturated heterocycles. The minimum absolute atomic E-state index is 0.00218. The first kappa shape index (κ1) is 22.7. The summed E-state index contributed by atoms with van der Waals surface area (Å²) in [6, 6.07) is 29.1. The average Bonchev–Trinajstić information content (AvgIpc) is 3.21. The zero-order valence-electron chi connectivity index (χ0n) is 20.1. The molecule has 0 aliphatic heterocycles. The summed E-state index contributed by atoms with van der Waals surface area (Å²) < 4.78 is 7.98. The van der Waals surface area contributed by atoms with Gasteiger partial charge in [0.05, 0.1) is 11.0 Å². The number of carbonyl (C=O) groups is 1. The van der Waals surface area contributed by atoms with Crippen LogP contribution in [0.15, 0.2) is 84.9 Å². The molecule has 0 spiro atoms. The van der Waals surface area contributed by atoms with Gasteiger partial charge in [-0.25, -0.2) is 4.98 Å². The minimum Gasteiger partial charge on any atom is -0.483 e. The number of para-hydroxylation sites is 2. The number of aromatic nitrogens is 2. The molecule has 0 aliphatic rings. The highest BCUT2D eigenvalue weighted by atomic mass is 16.5. The van der Waals surface area contributed by atoms with Crippen LogP contribution in [0.25, 0.3) is 21.8 Å². The number of rotatable bonds is 8. The average molecular weight is 464 g/mol. The van der Waals surface area contributed by atoms with Crippen LogP contribution >= 0.6 is 0 Å². The molecule has 0 unspecified atom stereocenters. The lowest BCUT2D eigenvalue weighted by molar-refractivity contribution is -0.123. The second-order valence-corrected chi connectivity index (χ2v) is 8.94. The molecule has 5 aromatic rings. The van der Waals surface area contributed by atoms with Gasteiger partial charge in [0, 0.05) is 19.5 Å². The molecule has 0 bridgehead atoms.